The fourth-order valence-corrected chi connectivity index (χ4v) is 2.34. The molecule has 0 saturated carbocycles. The number of rotatable bonds is 4. The number of nitrogens with zero attached hydrogens (tertiary/aromatic N) is 4. The van der Waals surface area contributed by atoms with E-state index in [0.29, 0.717) is 35.2 Å². The number of aryl methyl sites for hydroxylation is 2. The molecule has 3 rings (SSSR count). The van der Waals surface area contributed by atoms with Crippen molar-refractivity contribution in [3.63, 3.8) is 0 Å². The van der Waals surface area contributed by atoms with E-state index in [1.54, 1.807) is 30.8 Å². The van der Waals surface area contributed by atoms with Crippen LogP contribution in [-0.2, 0) is 6.42 Å². The summed E-state index contributed by atoms with van der Waals surface area (Å²) in [6.45, 7) is 3.91. The number of aromatic nitrogens is 4. The zero-order valence-electron chi connectivity index (χ0n) is 12.1. The number of halogens is 1. The molecule has 3 aromatic heterocycles. The second-order valence-corrected chi connectivity index (χ2v) is 5.28. The fraction of sp³-hybridized carbons (Fsp3) is 0.286. The van der Waals surface area contributed by atoms with Crippen LogP contribution in [0.3, 0.4) is 0 Å². The molecule has 3 heterocycles. The lowest BCUT2D eigenvalue weighted by Gasteiger charge is -2.04. The third-order valence-electron chi connectivity index (χ3n) is 3.18. The number of fused-ring (bicyclic) bond motifs is 1. The highest BCUT2D eigenvalue weighted by Gasteiger charge is 2.15. The number of carbonyl (C=O) groups is 1. The van der Waals surface area contributed by atoms with Gasteiger partial charge in [0.2, 0.25) is 5.76 Å². The lowest BCUT2D eigenvalue weighted by Crippen LogP contribution is -2.26. The number of hydrogen-bond acceptors (Lipinski definition) is 5. The van der Waals surface area contributed by atoms with Gasteiger partial charge in [-0.15, -0.1) is 0 Å². The second-order valence-electron chi connectivity index (χ2n) is 4.88. The largest absolute Gasteiger partial charge is 0.436 e. The minimum absolute atomic E-state index is 0.255. The van der Waals surface area contributed by atoms with E-state index in [2.05, 4.69) is 20.4 Å². The van der Waals surface area contributed by atoms with E-state index in [0.717, 1.165) is 5.56 Å². The van der Waals surface area contributed by atoms with E-state index in [1.165, 1.54) is 0 Å². The second kappa shape index (κ2) is 5.76. The van der Waals surface area contributed by atoms with E-state index in [1.807, 2.05) is 6.20 Å². The van der Waals surface area contributed by atoms with Gasteiger partial charge in [-0.3, -0.25) is 4.79 Å². The van der Waals surface area contributed by atoms with Crippen molar-refractivity contribution in [2.45, 2.75) is 20.3 Å². The maximum absolute atomic E-state index is 12.0. The van der Waals surface area contributed by atoms with Crippen LogP contribution in [-0.4, -0.2) is 32.0 Å². The average molecular weight is 320 g/mol. The first-order valence-electron chi connectivity index (χ1n) is 6.74. The van der Waals surface area contributed by atoms with E-state index < -0.39 is 0 Å². The van der Waals surface area contributed by atoms with Crippen LogP contribution in [0.1, 0.15) is 27.7 Å². The molecule has 0 radical (unpaired) electrons. The molecule has 0 aliphatic heterocycles. The summed E-state index contributed by atoms with van der Waals surface area (Å²) in [7, 11) is 0. The van der Waals surface area contributed by atoms with Crippen molar-refractivity contribution in [3.05, 3.63) is 46.5 Å². The van der Waals surface area contributed by atoms with Crippen molar-refractivity contribution in [3.8, 4) is 0 Å². The average Bonchev–Trinajstić information content (AvgIpc) is 3.01. The van der Waals surface area contributed by atoms with Crippen molar-refractivity contribution >= 4 is 23.2 Å². The summed E-state index contributed by atoms with van der Waals surface area (Å²) >= 11 is 5.94. The van der Waals surface area contributed by atoms with Gasteiger partial charge < -0.3 is 9.73 Å². The highest BCUT2D eigenvalue weighted by Crippen LogP contribution is 2.14. The molecule has 0 spiro atoms. The van der Waals surface area contributed by atoms with Crippen molar-refractivity contribution in [1.29, 1.82) is 0 Å². The van der Waals surface area contributed by atoms with Crippen LogP contribution in [0.25, 0.3) is 5.65 Å². The molecule has 0 aromatic carbocycles. The van der Waals surface area contributed by atoms with Crippen molar-refractivity contribution in [1.82, 2.24) is 24.9 Å². The molecule has 0 aliphatic rings. The van der Waals surface area contributed by atoms with E-state index in [-0.39, 0.29) is 11.7 Å². The van der Waals surface area contributed by atoms with Gasteiger partial charge in [0.15, 0.2) is 11.5 Å². The molecule has 3 aromatic rings. The summed E-state index contributed by atoms with van der Waals surface area (Å²) in [5.41, 5.74) is 2.14. The molecule has 0 bridgehead atoms. The van der Waals surface area contributed by atoms with Crippen LogP contribution >= 0.6 is 11.6 Å². The fourth-order valence-electron chi connectivity index (χ4n) is 2.16. The number of nitrogens with one attached hydrogen (secondary N) is 1. The highest BCUT2D eigenvalue weighted by molar-refractivity contribution is 6.33. The van der Waals surface area contributed by atoms with Crippen LogP contribution in [0, 0.1) is 13.8 Å². The molecule has 22 heavy (non-hydrogen) atoms. The molecular weight excluding hydrogens is 306 g/mol. The minimum Gasteiger partial charge on any atom is -0.436 e. The molecular formula is C14H14ClN5O2. The van der Waals surface area contributed by atoms with Gasteiger partial charge in [0.05, 0.1) is 11.9 Å². The molecule has 0 aliphatic carbocycles. The maximum Gasteiger partial charge on any atom is 0.289 e. The summed E-state index contributed by atoms with van der Waals surface area (Å²) in [6, 6.07) is 0. The highest BCUT2D eigenvalue weighted by atomic mass is 35.5. The first-order valence-corrected chi connectivity index (χ1v) is 7.12. The Bertz CT molecular complexity index is 839. The topological polar surface area (TPSA) is 85.3 Å². The van der Waals surface area contributed by atoms with Gasteiger partial charge in [-0.25, -0.2) is 14.5 Å². The van der Waals surface area contributed by atoms with Gasteiger partial charge in [0.25, 0.3) is 5.91 Å². The lowest BCUT2D eigenvalue weighted by molar-refractivity contribution is 0.0924. The van der Waals surface area contributed by atoms with Gasteiger partial charge in [0, 0.05) is 25.9 Å². The third-order valence-corrected chi connectivity index (χ3v) is 3.44. The van der Waals surface area contributed by atoms with Crippen LogP contribution < -0.4 is 5.32 Å². The SMILES string of the molecule is Cc1nc(C)c(C(=O)NCCc2cnc3c(Cl)cnn3c2)o1. The summed E-state index contributed by atoms with van der Waals surface area (Å²) in [5.74, 6) is 0.465. The van der Waals surface area contributed by atoms with Crippen LogP contribution in [0.15, 0.2) is 23.0 Å². The van der Waals surface area contributed by atoms with Gasteiger partial charge in [-0.2, -0.15) is 5.10 Å². The molecule has 1 amide bonds. The summed E-state index contributed by atoms with van der Waals surface area (Å²) in [6.07, 6.45) is 5.73. The quantitative estimate of drug-likeness (QED) is 0.794. The molecule has 114 valence electrons. The Balaban J connectivity index is 1.62. The third kappa shape index (κ3) is 2.80. The molecule has 7 nitrogen and oxygen atoms in total. The standard InChI is InChI=1S/C14H14ClN5O2/c1-8-12(22-9(2)19-8)14(21)16-4-3-10-5-17-13-11(15)6-18-20(13)7-10/h5-7H,3-4H2,1-2H3,(H,16,21). The van der Waals surface area contributed by atoms with E-state index >= 15 is 0 Å². The Morgan fingerprint density at radius 3 is 2.95 bits per heavy atom. The summed E-state index contributed by atoms with van der Waals surface area (Å²) in [4.78, 5) is 20.3. The van der Waals surface area contributed by atoms with Gasteiger partial charge in [0.1, 0.15) is 5.02 Å². The first-order chi connectivity index (χ1) is 10.5. The number of amides is 1. The monoisotopic (exact) mass is 319 g/mol. The van der Waals surface area contributed by atoms with Crippen LogP contribution in [0.4, 0.5) is 0 Å². The molecule has 1 N–H and O–H groups in total. The number of carbonyl (C=O) groups excluding carboxylic acids is 1. The molecule has 8 heteroatoms. The summed E-state index contributed by atoms with van der Waals surface area (Å²) in [5, 5.41) is 7.40. The normalized spacial score (nSPS) is 11.0. The smallest absolute Gasteiger partial charge is 0.289 e. The first kappa shape index (κ1) is 14.5. The Morgan fingerprint density at radius 2 is 2.23 bits per heavy atom. The van der Waals surface area contributed by atoms with Crippen LogP contribution in [0.5, 0.6) is 0 Å². The van der Waals surface area contributed by atoms with Gasteiger partial charge >= 0.3 is 0 Å². The molecule has 0 unspecified atom stereocenters. The Morgan fingerprint density at radius 1 is 1.41 bits per heavy atom. The minimum atomic E-state index is -0.269. The summed E-state index contributed by atoms with van der Waals surface area (Å²) < 4.78 is 6.89. The zero-order chi connectivity index (χ0) is 15.7. The number of hydrogen-bond donors (Lipinski definition) is 1. The number of oxazole rings is 1. The lowest BCUT2D eigenvalue weighted by atomic mass is 10.2. The van der Waals surface area contributed by atoms with Gasteiger partial charge in [-0.05, 0) is 18.9 Å². The maximum atomic E-state index is 12.0. The van der Waals surface area contributed by atoms with E-state index in [4.69, 9.17) is 16.0 Å². The molecule has 0 fully saturated rings. The predicted molar refractivity (Wildman–Crippen MR) is 80.0 cm³/mol. The molecule has 0 saturated heterocycles. The van der Waals surface area contributed by atoms with E-state index in [9.17, 15) is 4.79 Å². The predicted octanol–water partition coefficient (Wildman–Crippen LogP) is 1.96. The van der Waals surface area contributed by atoms with Crippen molar-refractivity contribution in [2.75, 3.05) is 6.54 Å². The Hall–Kier alpha value is -2.41. The Labute approximate surface area is 131 Å². The van der Waals surface area contributed by atoms with Crippen molar-refractivity contribution < 1.29 is 9.21 Å². The Kier molecular flexibility index (Phi) is 3.81. The molecule has 0 atom stereocenters. The van der Waals surface area contributed by atoms with Crippen molar-refractivity contribution in [2.24, 2.45) is 0 Å². The van der Waals surface area contributed by atoms with Crippen LogP contribution in [0.2, 0.25) is 5.02 Å². The van der Waals surface area contributed by atoms with Gasteiger partial charge in [-0.1, -0.05) is 11.6 Å². The zero-order valence-corrected chi connectivity index (χ0v) is 12.9.